The molecular formula is C19H21NO3. The molecule has 0 radical (unpaired) electrons. The van der Waals surface area contributed by atoms with Crippen LogP contribution in [0.1, 0.15) is 17.9 Å². The molecular weight excluding hydrogens is 290 g/mol. The fraction of sp³-hybridized carbons (Fsp3) is 0.368. The van der Waals surface area contributed by atoms with Gasteiger partial charge in [0.25, 0.3) is 0 Å². The fourth-order valence-corrected chi connectivity index (χ4v) is 3.41. The third-order valence-corrected chi connectivity index (χ3v) is 4.64. The quantitative estimate of drug-likeness (QED) is 0.941. The minimum atomic E-state index is 0.293. The van der Waals surface area contributed by atoms with Crippen LogP contribution in [0.25, 0.3) is 0 Å². The van der Waals surface area contributed by atoms with Crippen molar-refractivity contribution in [2.24, 2.45) is 5.92 Å². The molecule has 0 aliphatic carbocycles. The largest absolute Gasteiger partial charge is 0.493 e. The van der Waals surface area contributed by atoms with Crippen LogP contribution < -0.4 is 19.5 Å². The summed E-state index contributed by atoms with van der Waals surface area (Å²) in [7, 11) is 0. The van der Waals surface area contributed by atoms with E-state index in [2.05, 4.69) is 35.6 Å². The van der Waals surface area contributed by atoms with Crippen molar-refractivity contribution in [3.05, 3.63) is 54.1 Å². The molecule has 4 nitrogen and oxygen atoms in total. The molecule has 0 bridgehead atoms. The highest BCUT2D eigenvalue weighted by Gasteiger charge is 2.27. The number of rotatable bonds is 4. The van der Waals surface area contributed by atoms with Crippen molar-refractivity contribution >= 4 is 0 Å². The van der Waals surface area contributed by atoms with Gasteiger partial charge in [0.2, 0.25) is 6.79 Å². The first kappa shape index (κ1) is 14.4. The summed E-state index contributed by atoms with van der Waals surface area (Å²) in [4.78, 5) is 0. The average molecular weight is 311 g/mol. The zero-order chi connectivity index (χ0) is 15.5. The third kappa shape index (κ3) is 3.13. The maximum Gasteiger partial charge on any atom is 0.231 e. The SMILES string of the molecule is c1ccc([C@@H]2CCNC[C@@H]2COc2ccc3c(c2)OCO3)cc1. The zero-order valence-electron chi connectivity index (χ0n) is 13.0. The number of ether oxygens (including phenoxy) is 3. The number of hydrogen-bond acceptors (Lipinski definition) is 4. The summed E-state index contributed by atoms with van der Waals surface area (Å²) >= 11 is 0. The van der Waals surface area contributed by atoms with Gasteiger partial charge >= 0.3 is 0 Å². The smallest absolute Gasteiger partial charge is 0.231 e. The van der Waals surface area contributed by atoms with Crippen LogP contribution >= 0.6 is 0 Å². The van der Waals surface area contributed by atoms with Crippen molar-refractivity contribution < 1.29 is 14.2 Å². The van der Waals surface area contributed by atoms with Crippen LogP contribution in [0.3, 0.4) is 0 Å². The van der Waals surface area contributed by atoms with Crippen molar-refractivity contribution in [3.63, 3.8) is 0 Å². The van der Waals surface area contributed by atoms with E-state index >= 15 is 0 Å². The lowest BCUT2D eigenvalue weighted by atomic mass is 9.81. The van der Waals surface area contributed by atoms with E-state index in [1.54, 1.807) is 0 Å². The number of fused-ring (bicyclic) bond motifs is 1. The highest BCUT2D eigenvalue weighted by atomic mass is 16.7. The van der Waals surface area contributed by atoms with Gasteiger partial charge in [-0.3, -0.25) is 0 Å². The topological polar surface area (TPSA) is 39.7 Å². The molecule has 2 aliphatic rings. The molecule has 4 rings (SSSR count). The maximum atomic E-state index is 6.05. The van der Waals surface area contributed by atoms with Gasteiger partial charge in [-0.1, -0.05) is 30.3 Å². The minimum Gasteiger partial charge on any atom is -0.493 e. The third-order valence-electron chi connectivity index (χ3n) is 4.64. The molecule has 2 aromatic rings. The van der Waals surface area contributed by atoms with E-state index in [-0.39, 0.29) is 0 Å². The lowest BCUT2D eigenvalue weighted by Gasteiger charge is -2.32. The highest BCUT2D eigenvalue weighted by molar-refractivity contribution is 5.46. The van der Waals surface area contributed by atoms with Gasteiger partial charge in [0.15, 0.2) is 11.5 Å². The van der Waals surface area contributed by atoms with Gasteiger partial charge in [0, 0.05) is 18.5 Å². The van der Waals surface area contributed by atoms with Gasteiger partial charge in [-0.15, -0.1) is 0 Å². The van der Waals surface area contributed by atoms with Crippen molar-refractivity contribution in [3.8, 4) is 17.2 Å². The van der Waals surface area contributed by atoms with E-state index in [0.29, 0.717) is 25.2 Å². The van der Waals surface area contributed by atoms with Crippen molar-refractivity contribution in [2.75, 3.05) is 26.5 Å². The number of benzene rings is 2. The predicted molar refractivity (Wildman–Crippen MR) is 88.2 cm³/mol. The first-order chi connectivity index (χ1) is 11.4. The summed E-state index contributed by atoms with van der Waals surface area (Å²) in [5.74, 6) is 3.41. The van der Waals surface area contributed by atoms with E-state index in [1.165, 1.54) is 5.56 Å². The Morgan fingerprint density at radius 1 is 1.04 bits per heavy atom. The Balaban J connectivity index is 1.44. The Morgan fingerprint density at radius 3 is 2.83 bits per heavy atom. The number of nitrogens with one attached hydrogen (secondary N) is 1. The van der Waals surface area contributed by atoms with Crippen LogP contribution in [0, 0.1) is 5.92 Å². The number of piperidine rings is 1. The highest BCUT2D eigenvalue weighted by Crippen LogP contribution is 2.36. The molecule has 120 valence electrons. The summed E-state index contributed by atoms with van der Waals surface area (Å²) in [5, 5.41) is 3.49. The average Bonchev–Trinajstić information content (AvgIpc) is 3.09. The predicted octanol–water partition coefficient (Wildman–Crippen LogP) is 3.19. The van der Waals surface area contributed by atoms with Gasteiger partial charge in [-0.05, 0) is 36.6 Å². The summed E-state index contributed by atoms with van der Waals surface area (Å²) in [6, 6.07) is 16.5. The van der Waals surface area contributed by atoms with E-state index in [9.17, 15) is 0 Å². The molecule has 0 spiro atoms. The van der Waals surface area contributed by atoms with Crippen molar-refractivity contribution in [2.45, 2.75) is 12.3 Å². The maximum absolute atomic E-state index is 6.05. The first-order valence-electron chi connectivity index (χ1n) is 8.18. The molecule has 0 saturated carbocycles. The van der Waals surface area contributed by atoms with Crippen LogP contribution in [-0.2, 0) is 0 Å². The summed E-state index contributed by atoms with van der Waals surface area (Å²) < 4.78 is 16.8. The van der Waals surface area contributed by atoms with Crippen LogP contribution in [0.4, 0.5) is 0 Å². The molecule has 2 atom stereocenters. The Kier molecular flexibility index (Phi) is 4.07. The second-order valence-corrected chi connectivity index (χ2v) is 6.10. The molecule has 2 aromatic carbocycles. The van der Waals surface area contributed by atoms with E-state index in [0.717, 1.165) is 36.8 Å². The lowest BCUT2D eigenvalue weighted by Crippen LogP contribution is -2.38. The van der Waals surface area contributed by atoms with Gasteiger partial charge in [0.1, 0.15) is 5.75 Å². The van der Waals surface area contributed by atoms with E-state index < -0.39 is 0 Å². The Labute approximate surface area is 136 Å². The molecule has 4 heteroatoms. The van der Waals surface area contributed by atoms with Gasteiger partial charge in [0.05, 0.1) is 6.61 Å². The Morgan fingerprint density at radius 2 is 1.91 bits per heavy atom. The normalized spacial score (nSPS) is 22.8. The Bertz CT molecular complexity index is 659. The summed E-state index contributed by atoms with van der Waals surface area (Å²) in [6.07, 6.45) is 1.15. The second-order valence-electron chi connectivity index (χ2n) is 6.10. The second kappa shape index (κ2) is 6.50. The first-order valence-corrected chi connectivity index (χ1v) is 8.18. The molecule has 2 aliphatic heterocycles. The van der Waals surface area contributed by atoms with Crippen molar-refractivity contribution in [1.82, 2.24) is 5.32 Å². The fourth-order valence-electron chi connectivity index (χ4n) is 3.41. The minimum absolute atomic E-state index is 0.293. The van der Waals surface area contributed by atoms with Gasteiger partial charge < -0.3 is 19.5 Å². The van der Waals surface area contributed by atoms with E-state index in [4.69, 9.17) is 14.2 Å². The van der Waals surface area contributed by atoms with Crippen LogP contribution in [0.2, 0.25) is 0 Å². The molecule has 0 aromatic heterocycles. The monoisotopic (exact) mass is 311 g/mol. The van der Waals surface area contributed by atoms with Crippen LogP contribution in [0.15, 0.2) is 48.5 Å². The van der Waals surface area contributed by atoms with E-state index in [1.807, 2.05) is 18.2 Å². The van der Waals surface area contributed by atoms with Gasteiger partial charge in [-0.25, -0.2) is 0 Å². The molecule has 1 fully saturated rings. The van der Waals surface area contributed by atoms with Gasteiger partial charge in [-0.2, -0.15) is 0 Å². The molecule has 0 amide bonds. The van der Waals surface area contributed by atoms with Crippen LogP contribution in [0.5, 0.6) is 17.2 Å². The van der Waals surface area contributed by atoms with Crippen LogP contribution in [-0.4, -0.2) is 26.5 Å². The Hall–Kier alpha value is -2.20. The lowest BCUT2D eigenvalue weighted by molar-refractivity contribution is 0.173. The zero-order valence-corrected chi connectivity index (χ0v) is 13.0. The molecule has 1 N–H and O–H groups in total. The summed E-state index contributed by atoms with van der Waals surface area (Å²) in [5.41, 5.74) is 1.41. The summed E-state index contributed by atoms with van der Waals surface area (Å²) in [6.45, 7) is 3.05. The standard InChI is InChI=1S/C19H21NO3/c1-2-4-14(5-3-1)17-8-9-20-11-15(17)12-21-16-6-7-18-19(10-16)23-13-22-18/h1-7,10,15,17,20H,8-9,11-13H2/t15-,17+/m1/s1. The molecule has 1 saturated heterocycles. The van der Waals surface area contributed by atoms with Crippen molar-refractivity contribution in [1.29, 1.82) is 0 Å². The molecule has 2 heterocycles. The molecule has 0 unspecified atom stereocenters. The molecule has 23 heavy (non-hydrogen) atoms. The number of hydrogen-bond donors (Lipinski definition) is 1.